The Morgan fingerprint density at radius 1 is 1.12 bits per heavy atom. The summed E-state index contributed by atoms with van der Waals surface area (Å²) >= 11 is 0. The number of nitrogens with zero attached hydrogens (tertiary/aromatic N) is 1. The van der Waals surface area contributed by atoms with Gasteiger partial charge in [-0.15, -0.1) is 0 Å². The lowest BCUT2D eigenvalue weighted by atomic mass is 10.1. The number of amides is 2. The summed E-state index contributed by atoms with van der Waals surface area (Å²) < 4.78 is 5.14. The lowest BCUT2D eigenvalue weighted by Crippen LogP contribution is -2.13. The Balaban J connectivity index is 2.27. The summed E-state index contributed by atoms with van der Waals surface area (Å²) in [4.78, 5) is 34.0. The fourth-order valence-electron chi connectivity index (χ4n) is 2.22. The van der Waals surface area contributed by atoms with Crippen molar-refractivity contribution in [3.05, 3.63) is 57.6 Å². The van der Waals surface area contributed by atoms with Crippen LogP contribution >= 0.6 is 0 Å². The molecule has 8 heteroatoms. The lowest BCUT2D eigenvalue weighted by Gasteiger charge is -2.12. The maximum atomic E-state index is 12.3. The molecule has 0 unspecified atom stereocenters. The number of hydrogen-bond donors (Lipinski definition) is 2. The summed E-state index contributed by atoms with van der Waals surface area (Å²) in [6.45, 7) is 2.96. The molecule has 8 nitrogen and oxygen atoms in total. The van der Waals surface area contributed by atoms with Crippen molar-refractivity contribution in [3.63, 3.8) is 0 Å². The molecule has 0 saturated heterocycles. The molecule has 2 N–H and O–H groups in total. The molecule has 25 heavy (non-hydrogen) atoms. The Morgan fingerprint density at radius 2 is 1.84 bits per heavy atom. The van der Waals surface area contributed by atoms with E-state index in [9.17, 15) is 19.7 Å². The van der Waals surface area contributed by atoms with Gasteiger partial charge < -0.3 is 15.4 Å². The first kappa shape index (κ1) is 17.9. The number of anilines is 2. The molecule has 0 aliphatic rings. The third-order valence-electron chi connectivity index (χ3n) is 3.44. The van der Waals surface area contributed by atoms with Crippen LogP contribution in [0.1, 0.15) is 22.8 Å². The summed E-state index contributed by atoms with van der Waals surface area (Å²) in [7, 11) is 1.46. The second-order valence-electron chi connectivity index (χ2n) is 5.31. The van der Waals surface area contributed by atoms with Crippen LogP contribution in [-0.4, -0.2) is 23.8 Å². The smallest absolute Gasteiger partial charge is 0.273 e. The van der Waals surface area contributed by atoms with Gasteiger partial charge in [0.15, 0.2) is 0 Å². The number of nitro benzene ring substituents is 1. The van der Waals surface area contributed by atoms with Gasteiger partial charge in [-0.05, 0) is 31.2 Å². The van der Waals surface area contributed by atoms with Crippen LogP contribution in [0.3, 0.4) is 0 Å². The van der Waals surface area contributed by atoms with Gasteiger partial charge >= 0.3 is 0 Å². The van der Waals surface area contributed by atoms with Gasteiger partial charge in [0, 0.05) is 29.8 Å². The van der Waals surface area contributed by atoms with Crippen molar-refractivity contribution in [2.45, 2.75) is 13.8 Å². The zero-order chi connectivity index (χ0) is 18.6. The number of carbonyl (C=O) groups excluding carboxylic acids is 2. The predicted molar refractivity (Wildman–Crippen MR) is 93.1 cm³/mol. The number of rotatable bonds is 5. The Kier molecular flexibility index (Phi) is 5.33. The van der Waals surface area contributed by atoms with Crippen LogP contribution in [0.2, 0.25) is 0 Å². The van der Waals surface area contributed by atoms with E-state index in [1.165, 1.54) is 32.2 Å². The quantitative estimate of drug-likeness (QED) is 0.640. The van der Waals surface area contributed by atoms with Crippen molar-refractivity contribution in [1.82, 2.24) is 0 Å². The van der Waals surface area contributed by atoms with Gasteiger partial charge in [-0.3, -0.25) is 19.7 Å². The molecule has 0 aliphatic carbocycles. The molecule has 0 atom stereocenters. The van der Waals surface area contributed by atoms with E-state index in [-0.39, 0.29) is 17.2 Å². The maximum Gasteiger partial charge on any atom is 0.273 e. The van der Waals surface area contributed by atoms with Crippen molar-refractivity contribution in [3.8, 4) is 5.75 Å². The largest absolute Gasteiger partial charge is 0.495 e. The molecule has 0 aromatic heterocycles. The highest BCUT2D eigenvalue weighted by atomic mass is 16.6. The van der Waals surface area contributed by atoms with Gasteiger partial charge in [0.1, 0.15) is 5.75 Å². The predicted octanol–water partition coefficient (Wildman–Crippen LogP) is 3.12. The first-order valence-corrected chi connectivity index (χ1v) is 7.34. The highest BCUT2D eigenvalue weighted by Crippen LogP contribution is 2.28. The van der Waals surface area contributed by atoms with Crippen LogP contribution < -0.4 is 15.4 Å². The average Bonchev–Trinajstić information content (AvgIpc) is 2.54. The topological polar surface area (TPSA) is 111 Å². The minimum absolute atomic E-state index is 0.124. The van der Waals surface area contributed by atoms with Crippen molar-refractivity contribution < 1.29 is 19.2 Å². The van der Waals surface area contributed by atoms with Gasteiger partial charge in [-0.1, -0.05) is 6.07 Å². The molecule has 2 aromatic carbocycles. The number of benzene rings is 2. The first-order valence-electron chi connectivity index (χ1n) is 7.34. The molecule has 0 aliphatic heterocycles. The van der Waals surface area contributed by atoms with Crippen LogP contribution in [-0.2, 0) is 4.79 Å². The maximum absolute atomic E-state index is 12.3. The summed E-state index contributed by atoms with van der Waals surface area (Å²) in [5.74, 6) is -0.336. The monoisotopic (exact) mass is 343 g/mol. The molecule has 0 fully saturated rings. The SMILES string of the molecule is COc1ccc(NC(=O)c2ccc(C)c([N+](=O)[O-])c2)cc1NC(C)=O. The summed E-state index contributed by atoms with van der Waals surface area (Å²) in [6.07, 6.45) is 0. The Morgan fingerprint density at radius 3 is 2.44 bits per heavy atom. The zero-order valence-electron chi connectivity index (χ0n) is 14.0. The number of aryl methyl sites for hydroxylation is 1. The summed E-state index contributed by atoms with van der Waals surface area (Å²) in [6, 6.07) is 8.99. The second-order valence-corrected chi connectivity index (χ2v) is 5.31. The van der Waals surface area contributed by atoms with E-state index in [1.54, 1.807) is 25.1 Å². The van der Waals surface area contributed by atoms with Gasteiger partial charge in [0.25, 0.3) is 11.6 Å². The van der Waals surface area contributed by atoms with E-state index in [2.05, 4.69) is 10.6 Å². The van der Waals surface area contributed by atoms with Gasteiger partial charge in [-0.25, -0.2) is 0 Å². The average molecular weight is 343 g/mol. The minimum atomic E-state index is -0.533. The van der Waals surface area contributed by atoms with Gasteiger partial charge in [0.2, 0.25) is 5.91 Å². The van der Waals surface area contributed by atoms with E-state index in [0.29, 0.717) is 22.7 Å². The number of ether oxygens (including phenoxy) is 1. The molecule has 2 amide bonds. The van der Waals surface area contributed by atoms with Crippen LogP contribution in [0.25, 0.3) is 0 Å². The molecule has 0 bridgehead atoms. The van der Waals surface area contributed by atoms with E-state index in [1.807, 2.05) is 0 Å². The van der Waals surface area contributed by atoms with E-state index >= 15 is 0 Å². The van der Waals surface area contributed by atoms with Gasteiger partial charge in [-0.2, -0.15) is 0 Å². The Labute approximate surface area is 144 Å². The highest BCUT2D eigenvalue weighted by Gasteiger charge is 2.15. The fraction of sp³-hybridized carbons (Fsp3) is 0.176. The second kappa shape index (κ2) is 7.43. The fourth-order valence-corrected chi connectivity index (χ4v) is 2.22. The van der Waals surface area contributed by atoms with E-state index in [4.69, 9.17) is 4.74 Å². The summed E-state index contributed by atoms with van der Waals surface area (Å²) in [5, 5.41) is 16.2. The zero-order valence-corrected chi connectivity index (χ0v) is 14.0. The molecule has 130 valence electrons. The Hall–Kier alpha value is -3.42. The van der Waals surface area contributed by atoms with Crippen LogP contribution in [0, 0.1) is 17.0 Å². The Bertz CT molecular complexity index is 848. The normalized spacial score (nSPS) is 10.0. The molecule has 0 radical (unpaired) electrons. The molecule has 0 heterocycles. The van der Waals surface area contributed by atoms with Crippen LogP contribution in [0.15, 0.2) is 36.4 Å². The third-order valence-corrected chi connectivity index (χ3v) is 3.44. The third kappa shape index (κ3) is 4.31. The number of methoxy groups -OCH3 is 1. The number of carbonyl (C=O) groups is 2. The standard InChI is InChI=1S/C17H17N3O5/c1-10-4-5-12(8-15(10)20(23)24)17(22)19-13-6-7-16(25-3)14(9-13)18-11(2)21/h4-9H,1-3H3,(H,18,21)(H,19,22). The molecule has 2 aromatic rings. The van der Waals surface area contributed by atoms with Crippen LogP contribution in [0.4, 0.5) is 17.1 Å². The number of nitro groups is 1. The molecule has 2 rings (SSSR count). The van der Waals surface area contributed by atoms with Crippen molar-refractivity contribution in [2.24, 2.45) is 0 Å². The lowest BCUT2D eigenvalue weighted by molar-refractivity contribution is -0.385. The highest BCUT2D eigenvalue weighted by molar-refractivity contribution is 6.05. The van der Waals surface area contributed by atoms with Crippen molar-refractivity contribution >= 4 is 28.9 Å². The summed E-state index contributed by atoms with van der Waals surface area (Å²) in [5.41, 5.74) is 1.33. The number of nitrogens with one attached hydrogen (secondary N) is 2. The molecule has 0 spiro atoms. The van der Waals surface area contributed by atoms with Crippen LogP contribution in [0.5, 0.6) is 5.75 Å². The molecular weight excluding hydrogens is 326 g/mol. The molecular formula is C17H17N3O5. The van der Waals surface area contributed by atoms with Gasteiger partial charge in [0.05, 0.1) is 17.7 Å². The first-order chi connectivity index (χ1) is 11.8. The molecule has 0 saturated carbocycles. The minimum Gasteiger partial charge on any atom is -0.495 e. The van der Waals surface area contributed by atoms with Crippen molar-refractivity contribution in [2.75, 3.05) is 17.7 Å². The number of hydrogen-bond acceptors (Lipinski definition) is 5. The van der Waals surface area contributed by atoms with E-state index in [0.717, 1.165) is 0 Å². The van der Waals surface area contributed by atoms with Crippen molar-refractivity contribution in [1.29, 1.82) is 0 Å². The van der Waals surface area contributed by atoms with E-state index < -0.39 is 10.8 Å².